The number of para-hydroxylation sites is 1. The molecule has 108 valence electrons. The first-order valence-corrected chi connectivity index (χ1v) is 7.71. The fourth-order valence-corrected chi connectivity index (χ4v) is 3.13. The number of nitrogens with zero attached hydrogens (tertiary/aromatic N) is 1. The summed E-state index contributed by atoms with van der Waals surface area (Å²) in [6.07, 6.45) is 5.35. The molecule has 0 radical (unpaired) electrons. The Labute approximate surface area is 120 Å². The Kier molecular flexibility index (Phi) is 4.08. The van der Waals surface area contributed by atoms with Crippen molar-refractivity contribution < 1.29 is 4.74 Å². The third-order valence-corrected chi connectivity index (χ3v) is 4.16. The molecule has 0 amide bonds. The minimum atomic E-state index is 0.368. The Balaban J connectivity index is 1.86. The Morgan fingerprint density at radius 3 is 2.95 bits per heavy atom. The minimum Gasteiger partial charge on any atom is -0.373 e. The second kappa shape index (κ2) is 5.98. The first-order chi connectivity index (χ1) is 9.78. The molecule has 2 atom stereocenters. The average Bonchev–Trinajstić information content (AvgIpc) is 3.04. The van der Waals surface area contributed by atoms with Gasteiger partial charge in [-0.2, -0.15) is 0 Å². The third kappa shape index (κ3) is 2.74. The molecule has 3 heteroatoms. The fourth-order valence-electron chi connectivity index (χ4n) is 3.13. The van der Waals surface area contributed by atoms with E-state index in [4.69, 9.17) is 4.74 Å². The molecule has 2 aromatic rings. The van der Waals surface area contributed by atoms with Gasteiger partial charge in [0.2, 0.25) is 0 Å². The van der Waals surface area contributed by atoms with Crippen LogP contribution in [0.4, 0.5) is 0 Å². The monoisotopic (exact) mass is 272 g/mol. The predicted octanol–water partition coefficient (Wildman–Crippen LogP) is 3.32. The molecule has 20 heavy (non-hydrogen) atoms. The van der Waals surface area contributed by atoms with Gasteiger partial charge in [-0.1, -0.05) is 25.1 Å². The van der Waals surface area contributed by atoms with Crippen LogP contribution in [0.2, 0.25) is 0 Å². The van der Waals surface area contributed by atoms with Crippen molar-refractivity contribution in [2.24, 2.45) is 0 Å². The van der Waals surface area contributed by atoms with Crippen molar-refractivity contribution in [2.45, 2.75) is 52.0 Å². The third-order valence-electron chi connectivity index (χ3n) is 4.16. The van der Waals surface area contributed by atoms with Crippen LogP contribution in [-0.2, 0) is 17.8 Å². The summed E-state index contributed by atoms with van der Waals surface area (Å²) in [4.78, 5) is 0. The maximum atomic E-state index is 5.97. The summed E-state index contributed by atoms with van der Waals surface area (Å²) in [6.45, 7) is 7.22. The van der Waals surface area contributed by atoms with Gasteiger partial charge in [-0.25, -0.2) is 0 Å². The van der Waals surface area contributed by atoms with Crippen molar-refractivity contribution in [3.8, 4) is 0 Å². The zero-order chi connectivity index (χ0) is 13.9. The molecular formula is C17H24N2O. The summed E-state index contributed by atoms with van der Waals surface area (Å²) in [6, 6.07) is 8.77. The Morgan fingerprint density at radius 1 is 1.30 bits per heavy atom. The summed E-state index contributed by atoms with van der Waals surface area (Å²) < 4.78 is 8.33. The van der Waals surface area contributed by atoms with Crippen molar-refractivity contribution in [3.05, 3.63) is 36.0 Å². The van der Waals surface area contributed by atoms with E-state index in [0.29, 0.717) is 12.2 Å². The molecule has 1 saturated heterocycles. The number of benzene rings is 1. The van der Waals surface area contributed by atoms with Gasteiger partial charge in [0.05, 0.1) is 17.7 Å². The molecule has 3 nitrogen and oxygen atoms in total. The van der Waals surface area contributed by atoms with Crippen LogP contribution < -0.4 is 5.32 Å². The molecule has 1 aromatic carbocycles. The lowest BCUT2D eigenvalue weighted by molar-refractivity contribution is 0.0465. The largest absolute Gasteiger partial charge is 0.373 e. The van der Waals surface area contributed by atoms with Gasteiger partial charge in [-0.3, -0.25) is 0 Å². The highest BCUT2D eigenvalue weighted by atomic mass is 16.5. The van der Waals surface area contributed by atoms with Crippen LogP contribution in [0.15, 0.2) is 30.5 Å². The molecule has 0 bridgehead atoms. The molecule has 1 aliphatic heterocycles. The van der Waals surface area contributed by atoms with Crippen LogP contribution >= 0.6 is 0 Å². The van der Waals surface area contributed by atoms with Crippen LogP contribution in [0, 0.1) is 0 Å². The van der Waals surface area contributed by atoms with Gasteiger partial charge in [-0.15, -0.1) is 0 Å². The lowest BCUT2D eigenvalue weighted by Crippen LogP contribution is -2.17. The molecule has 2 heterocycles. The van der Waals surface area contributed by atoms with Gasteiger partial charge < -0.3 is 14.6 Å². The van der Waals surface area contributed by atoms with E-state index in [9.17, 15) is 0 Å². The van der Waals surface area contributed by atoms with Gasteiger partial charge in [0.25, 0.3) is 0 Å². The van der Waals surface area contributed by atoms with Crippen molar-refractivity contribution >= 4 is 10.9 Å². The maximum Gasteiger partial charge on any atom is 0.0758 e. The predicted molar refractivity (Wildman–Crippen MR) is 82.9 cm³/mol. The van der Waals surface area contributed by atoms with E-state index in [-0.39, 0.29) is 0 Å². The number of hydrogen-bond donors (Lipinski definition) is 1. The van der Waals surface area contributed by atoms with Gasteiger partial charge in [0, 0.05) is 19.3 Å². The summed E-state index contributed by atoms with van der Waals surface area (Å²) in [7, 11) is 0. The minimum absolute atomic E-state index is 0.368. The lowest BCUT2D eigenvalue weighted by atomic mass is 10.1. The molecule has 1 fully saturated rings. The second-order valence-electron chi connectivity index (χ2n) is 5.75. The number of fused-ring (bicyclic) bond motifs is 1. The van der Waals surface area contributed by atoms with E-state index in [2.05, 4.69) is 54.2 Å². The number of ether oxygens (including phenoxy) is 1. The molecular weight excluding hydrogens is 248 g/mol. The van der Waals surface area contributed by atoms with Gasteiger partial charge in [0.15, 0.2) is 0 Å². The van der Waals surface area contributed by atoms with Gasteiger partial charge in [0.1, 0.15) is 0 Å². The number of nitrogens with one attached hydrogen (secondary N) is 1. The Bertz CT molecular complexity index is 575. The first kappa shape index (κ1) is 13.7. The second-order valence-corrected chi connectivity index (χ2v) is 5.75. The summed E-state index contributed by atoms with van der Waals surface area (Å²) in [5.74, 6) is 0. The first-order valence-electron chi connectivity index (χ1n) is 7.71. The van der Waals surface area contributed by atoms with Crippen molar-refractivity contribution in [1.82, 2.24) is 9.88 Å². The number of aromatic nitrogens is 1. The Morgan fingerprint density at radius 2 is 2.20 bits per heavy atom. The van der Waals surface area contributed by atoms with E-state index < -0.39 is 0 Å². The summed E-state index contributed by atoms with van der Waals surface area (Å²) >= 11 is 0. The van der Waals surface area contributed by atoms with Crippen LogP contribution in [0.5, 0.6) is 0 Å². The van der Waals surface area contributed by atoms with E-state index in [1.807, 2.05) is 0 Å². The van der Waals surface area contributed by atoms with E-state index >= 15 is 0 Å². The molecule has 0 saturated carbocycles. The summed E-state index contributed by atoms with van der Waals surface area (Å²) in [5.41, 5.74) is 2.73. The SMILES string of the molecule is CCNCc1cccc2ccn(CC3CCC(C)O3)c12. The quantitative estimate of drug-likeness (QED) is 0.903. The number of rotatable bonds is 5. The van der Waals surface area contributed by atoms with E-state index in [1.54, 1.807) is 0 Å². The maximum absolute atomic E-state index is 5.97. The molecule has 3 rings (SSSR count). The van der Waals surface area contributed by atoms with Crippen molar-refractivity contribution in [2.75, 3.05) is 6.54 Å². The average molecular weight is 272 g/mol. The Hall–Kier alpha value is -1.32. The van der Waals surface area contributed by atoms with E-state index in [1.165, 1.54) is 29.3 Å². The number of hydrogen-bond acceptors (Lipinski definition) is 2. The molecule has 0 spiro atoms. The smallest absolute Gasteiger partial charge is 0.0758 e. The van der Waals surface area contributed by atoms with Crippen LogP contribution in [0.3, 0.4) is 0 Å². The topological polar surface area (TPSA) is 26.2 Å². The zero-order valence-corrected chi connectivity index (χ0v) is 12.4. The van der Waals surface area contributed by atoms with Crippen LogP contribution in [0.1, 0.15) is 32.3 Å². The molecule has 1 N–H and O–H groups in total. The standard InChI is InChI=1S/C17H24N2O/c1-3-18-11-15-6-4-5-14-9-10-19(17(14)15)12-16-8-7-13(2)20-16/h4-6,9-10,13,16,18H,3,7-8,11-12H2,1-2H3. The highest BCUT2D eigenvalue weighted by Gasteiger charge is 2.22. The highest BCUT2D eigenvalue weighted by molar-refractivity contribution is 5.83. The molecule has 2 unspecified atom stereocenters. The fraction of sp³-hybridized carbons (Fsp3) is 0.529. The summed E-state index contributed by atoms with van der Waals surface area (Å²) in [5, 5.41) is 4.76. The van der Waals surface area contributed by atoms with Crippen molar-refractivity contribution in [3.63, 3.8) is 0 Å². The van der Waals surface area contributed by atoms with E-state index in [0.717, 1.165) is 19.6 Å². The molecule has 1 aliphatic rings. The van der Waals surface area contributed by atoms with Crippen molar-refractivity contribution in [1.29, 1.82) is 0 Å². The highest BCUT2D eigenvalue weighted by Crippen LogP contribution is 2.25. The molecule has 1 aromatic heterocycles. The van der Waals surface area contributed by atoms with Crippen LogP contribution in [0.25, 0.3) is 10.9 Å². The van der Waals surface area contributed by atoms with Crippen LogP contribution in [-0.4, -0.2) is 23.3 Å². The normalized spacial score (nSPS) is 22.7. The molecule has 0 aliphatic carbocycles. The van der Waals surface area contributed by atoms with Gasteiger partial charge in [-0.05, 0) is 43.3 Å². The van der Waals surface area contributed by atoms with Gasteiger partial charge >= 0.3 is 0 Å². The zero-order valence-electron chi connectivity index (χ0n) is 12.4. The lowest BCUT2D eigenvalue weighted by Gasteiger charge is -2.15.